The molecule has 0 aliphatic rings. The second-order valence-corrected chi connectivity index (χ2v) is 4.42. The normalized spacial score (nSPS) is 10.4. The van der Waals surface area contributed by atoms with Crippen molar-refractivity contribution >= 4 is 11.8 Å². The van der Waals surface area contributed by atoms with Crippen molar-refractivity contribution in [1.82, 2.24) is 9.55 Å². The van der Waals surface area contributed by atoms with Gasteiger partial charge in [0.25, 0.3) is 0 Å². The van der Waals surface area contributed by atoms with E-state index in [2.05, 4.69) is 4.98 Å². The summed E-state index contributed by atoms with van der Waals surface area (Å²) in [5.41, 5.74) is 0.616. The van der Waals surface area contributed by atoms with Crippen molar-refractivity contribution in [1.29, 1.82) is 0 Å². The zero-order valence-electron chi connectivity index (χ0n) is 11.4. The van der Waals surface area contributed by atoms with Crippen LogP contribution in [-0.2, 0) is 18.3 Å². The fourth-order valence-corrected chi connectivity index (χ4v) is 1.77. The van der Waals surface area contributed by atoms with Crippen LogP contribution in [-0.4, -0.2) is 25.6 Å². The third-order valence-corrected chi connectivity index (χ3v) is 2.92. The van der Waals surface area contributed by atoms with Crippen LogP contribution >= 0.6 is 0 Å². The molecule has 110 valence electrons. The monoisotopic (exact) mass is 291 g/mol. The Bertz CT molecular complexity index is 691. The fraction of sp³-hybridized carbons (Fsp3) is 0.231. The summed E-state index contributed by atoms with van der Waals surface area (Å²) in [6.45, 7) is 1.63. The minimum atomic E-state index is -0.929. The van der Waals surface area contributed by atoms with E-state index in [-0.39, 0.29) is 18.1 Å². The van der Waals surface area contributed by atoms with E-state index in [0.717, 1.165) is 0 Å². The first-order valence-corrected chi connectivity index (χ1v) is 6.04. The number of carboxylic acids is 1. The molecule has 1 aromatic heterocycles. The first kappa shape index (κ1) is 14.5. The van der Waals surface area contributed by atoms with Gasteiger partial charge in [-0.2, -0.15) is 0 Å². The van der Waals surface area contributed by atoms with Crippen molar-refractivity contribution in [2.75, 3.05) is 0 Å². The molecule has 1 heterocycles. The second kappa shape index (κ2) is 5.61. The number of imidazole rings is 1. The number of carboxylic acid groups (broad SMARTS) is 1. The maximum absolute atomic E-state index is 10.9. The Morgan fingerprint density at radius 3 is 2.57 bits per heavy atom. The average Bonchev–Trinajstić information content (AvgIpc) is 2.69. The molecule has 0 spiro atoms. The van der Waals surface area contributed by atoms with Crippen molar-refractivity contribution in [3.05, 3.63) is 45.8 Å². The van der Waals surface area contributed by atoms with Crippen LogP contribution in [0.1, 0.15) is 11.4 Å². The second-order valence-electron chi connectivity index (χ2n) is 4.42. The summed E-state index contributed by atoms with van der Waals surface area (Å²) in [5, 5.41) is 19.6. The van der Waals surface area contributed by atoms with Gasteiger partial charge in [0, 0.05) is 14.0 Å². The standard InChI is InChI=1S/C13H13N3O5/c1-8-14-12(16(19)20)13(15(8)2)21-10-5-3-9(4-6-10)7-11(17)18/h3-6H,7H2,1-2H3,(H,17,18). The van der Waals surface area contributed by atoms with Crippen LogP contribution in [0.25, 0.3) is 0 Å². The van der Waals surface area contributed by atoms with Crippen molar-refractivity contribution in [3.8, 4) is 11.6 Å². The Balaban J connectivity index is 2.26. The third-order valence-electron chi connectivity index (χ3n) is 2.92. The summed E-state index contributed by atoms with van der Waals surface area (Å²) in [6.07, 6.45) is -0.0920. The number of nitro groups is 1. The fourth-order valence-electron chi connectivity index (χ4n) is 1.77. The van der Waals surface area contributed by atoms with E-state index in [9.17, 15) is 14.9 Å². The summed E-state index contributed by atoms with van der Waals surface area (Å²) in [5.74, 6) is -0.427. The first-order valence-electron chi connectivity index (χ1n) is 6.04. The number of aryl methyl sites for hydroxylation is 1. The predicted molar refractivity (Wildman–Crippen MR) is 72.5 cm³/mol. The number of carbonyl (C=O) groups is 1. The highest BCUT2D eigenvalue weighted by Crippen LogP contribution is 2.31. The number of rotatable bonds is 5. The van der Waals surface area contributed by atoms with E-state index < -0.39 is 10.9 Å². The maximum Gasteiger partial charge on any atom is 0.427 e. The van der Waals surface area contributed by atoms with E-state index in [0.29, 0.717) is 17.1 Å². The Labute approximate surface area is 119 Å². The van der Waals surface area contributed by atoms with Gasteiger partial charge in [0.2, 0.25) is 5.82 Å². The van der Waals surface area contributed by atoms with Gasteiger partial charge in [0.05, 0.1) is 6.42 Å². The van der Waals surface area contributed by atoms with E-state index in [1.165, 1.54) is 4.57 Å². The van der Waals surface area contributed by atoms with Crippen molar-refractivity contribution < 1.29 is 19.6 Å². The zero-order chi connectivity index (χ0) is 15.6. The number of aliphatic carboxylic acids is 1. The molecule has 2 rings (SSSR count). The maximum atomic E-state index is 10.9. The van der Waals surface area contributed by atoms with Crippen LogP contribution in [0, 0.1) is 17.0 Å². The minimum Gasteiger partial charge on any atom is -0.481 e. The van der Waals surface area contributed by atoms with Gasteiger partial charge in [-0.1, -0.05) is 12.1 Å². The van der Waals surface area contributed by atoms with Gasteiger partial charge in [0.1, 0.15) is 5.75 Å². The van der Waals surface area contributed by atoms with E-state index in [1.54, 1.807) is 38.2 Å². The predicted octanol–water partition coefficient (Wildman–Crippen LogP) is 2.06. The molecule has 21 heavy (non-hydrogen) atoms. The molecule has 8 heteroatoms. The number of benzene rings is 1. The molecule has 0 amide bonds. The zero-order valence-corrected chi connectivity index (χ0v) is 11.4. The van der Waals surface area contributed by atoms with Crippen molar-refractivity contribution in [2.24, 2.45) is 7.05 Å². The van der Waals surface area contributed by atoms with Gasteiger partial charge in [-0.25, -0.2) is 0 Å². The number of hydrogen-bond donors (Lipinski definition) is 1. The van der Waals surface area contributed by atoms with Gasteiger partial charge in [-0.15, -0.1) is 0 Å². The lowest BCUT2D eigenvalue weighted by molar-refractivity contribution is -0.390. The SMILES string of the molecule is Cc1nc([N+](=O)[O-])c(Oc2ccc(CC(=O)O)cc2)n1C. The summed E-state index contributed by atoms with van der Waals surface area (Å²) in [4.78, 5) is 24.7. The lowest BCUT2D eigenvalue weighted by atomic mass is 10.1. The smallest absolute Gasteiger partial charge is 0.427 e. The molecular weight excluding hydrogens is 278 g/mol. The minimum absolute atomic E-state index is 0.0310. The summed E-state index contributed by atoms with van der Waals surface area (Å²) in [7, 11) is 1.61. The molecule has 0 atom stereocenters. The van der Waals surface area contributed by atoms with Crippen LogP contribution in [0.3, 0.4) is 0 Å². The van der Waals surface area contributed by atoms with Gasteiger partial charge in [-0.3, -0.25) is 9.36 Å². The molecule has 0 bridgehead atoms. The number of hydrogen-bond acceptors (Lipinski definition) is 5. The van der Waals surface area contributed by atoms with Crippen LogP contribution in [0.2, 0.25) is 0 Å². The summed E-state index contributed by atoms with van der Waals surface area (Å²) in [6, 6.07) is 6.31. The van der Waals surface area contributed by atoms with Gasteiger partial charge >= 0.3 is 17.7 Å². The van der Waals surface area contributed by atoms with Crippen LogP contribution in [0.4, 0.5) is 5.82 Å². The summed E-state index contributed by atoms with van der Waals surface area (Å²) >= 11 is 0. The number of ether oxygens (including phenoxy) is 1. The lowest BCUT2D eigenvalue weighted by Gasteiger charge is -2.06. The Morgan fingerprint density at radius 2 is 2.05 bits per heavy atom. The Hall–Kier alpha value is -2.90. The summed E-state index contributed by atoms with van der Waals surface area (Å²) < 4.78 is 6.97. The van der Waals surface area contributed by atoms with E-state index in [4.69, 9.17) is 9.84 Å². The highest BCUT2D eigenvalue weighted by molar-refractivity contribution is 5.70. The quantitative estimate of drug-likeness (QED) is 0.667. The molecule has 8 nitrogen and oxygen atoms in total. The molecule has 1 aromatic carbocycles. The van der Waals surface area contributed by atoms with Gasteiger partial charge in [0.15, 0.2) is 0 Å². The van der Waals surface area contributed by atoms with Gasteiger partial charge < -0.3 is 20.0 Å². The highest BCUT2D eigenvalue weighted by atomic mass is 16.6. The van der Waals surface area contributed by atoms with Crippen LogP contribution in [0.15, 0.2) is 24.3 Å². The number of nitrogens with zero attached hydrogens (tertiary/aromatic N) is 3. The molecule has 0 saturated carbocycles. The van der Waals surface area contributed by atoms with E-state index in [1.807, 2.05) is 0 Å². The molecule has 0 unspecified atom stereocenters. The average molecular weight is 291 g/mol. The van der Waals surface area contributed by atoms with Crippen LogP contribution < -0.4 is 4.74 Å². The lowest BCUT2D eigenvalue weighted by Crippen LogP contribution is -2.00. The first-order chi connectivity index (χ1) is 9.88. The molecule has 0 fully saturated rings. The Morgan fingerprint density at radius 1 is 1.43 bits per heavy atom. The van der Waals surface area contributed by atoms with Crippen LogP contribution in [0.5, 0.6) is 11.6 Å². The Kier molecular flexibility index (Phi) is 3.88. The van der Waals surface area contributed by atoms with Crippen molar-refractivity contribution in [2.45, 2.75) is 13.3 Å². The van der Waals surface area contributed by atoms with Gasteiger partial charge in [-0.05, 0) is 27.6 Å². The molecule has 0 aliphatic carbocycles. The molecule has 1 N–H and O–H groups in total. The highest BCUT2D eigenvalue weighted by Gasteiger charge is 2.25. The topological polar surface area (TPSA) is 107 Å². The van der Waals surface area contributed by atoms with Crippen molar-refractivity contribution in [3.63, 3.8) is 0 Å². The molecule has 0 radical (unpaired) electrons. The number of aromatic nitrogens is 2. The van der Waals surface area contributed by atoms with E-state index >= 15 is 0 Å². The molecule has 0 saturated heterocycles. The molecule has 2 aromatic rings. The molecular formula is C13H13N3O5. The molecule has 0 aliphatic heterocycles. The third kappa shape index (κ3) is 3.16. The largest absolute Gasteiger partial charge is 0.481 e.